The second kappa shape index (κ2) is 14.2. The number of nitriles is 1. The van der Waals surface area contributed by atoms with E-state index in [1.54, 1.807) is 18.2 Å². The zero-order valence-corrected chi connectivity index (χ0v) is 24.6. The lowest BCUT2D eigenvalue weighted by molar-refractivity contribution is -0.112. The van der Waals surface area contributed by atoms with Crippen LogP contribution in [0.15, 0.2) is 54.1 Å². The van der Waals surface area contributed by atoms with Crippen molar-refractivity contribution in [3.8, 4) is 17.6 Å². The molecule has 42 heavy (non-hydrogen) atoms. The Morgan fingerprint density at radius 1 is 1.10 bits per heavy atom. The van der Waals surface area contributed by atoms with Gasteiger partial charge in [0.05, 0.1) is 18.3 Å². The maximum absolute atomic E-state index is 13.3. The molecule has 1 aliphatic heterocycles. The molecule has 2 aromatic carbocycles. The Balaban J connectivity index is 1.33. The van der Waals surface area contributed by atoms with Crippen molar-refractivity contribution in [2.75, 3.05) is 25.1 Å². The Kier molecular flexibility index (Phi) is 9.90. The second-order valence-electron chi connectivity index (χ2n) is 10.3. The van der Waals surface area contributed by atoms with Gasteiger partial charge in [-0.15, -0.1) is 11.3 Å². The molecule has 2 amide bonds. The van der Waals surface area contributed by atoms with E-state index in [0.29, 0.717) is 54.0 Å². The molecule has 1 atom stereocenters. The quantitative estimate of drug-likeness (QED) is 0.209. The third kappa shape index (κ3) is 7.19. The highest BCUT2D eigenvalue weighted by Crippen LogP contribution is 2.38. The summed E-state index contributed by atoms with van der Waals surface area (Å²) in [4.78, 5) is 27.8. The number of amides is 2. The molecule has 0 radical (unpaired) electrons. The Hall–Kier alpha value is -4.13. The van der Waals surface area contributed by atoms with Crippen molar-refractivity contribution in [2.24, 2.45) is 0 Å². The van der Waals surface area contributed by atoms with Crippen LogP contribution in [0.4, 0.5) is 5.00 Å². The lowest BCUT2D eigenvalue weighted by atomic mass is 9.95. The van der Waals surface area contributed by atoms with Gasteiger partial charge in [-0.1, -0.05) is 36.4 Å². The number of carbonyl (C=O) groups is 2. The Labute approximate surface area is 250 Å². The largest absolute Gasteiger partial charge is 0.490 e. The number of ether oxygens (including phenoxy) is 3. The number of benzene rings is 2. The molecular formula is C33H35N3O5S. The van der Waals surface area contributed by atoms with Crippen molar-refractivity contribution < 1.29 is 23.8 Å². The summed E-state index contributed by atoms with van der Waals surface area (Å²) in [6, 6.07) is 17.2. The molecule has 8 nitrogen and oxygen atoms in total. The van der Waals surface area contributed by atoms with Gasteiger partial charge in [0, 0.05) is 18.0 Å². The topological polar surface area (TPSA) is 110 Å². The van der Waals surface area contributed by atoms with E-state index in [4.69, 9.17) is 14.2 Å². The van der Waals surface area contributed by atoms with Gasteiger partial charge in [0.25, 0.3) is 11.8 Å². The summed E-state index contributed by atoms with van der Waals surface area (Å²) in [6.07, 6.45) is 7.18. The fourth-order valence-electron chi connectivity index (χ4n) is 5.22. The smallest absolute Gasteiger partial charge is 0.266 e. The van der Waals surface area contributed by atoms with Crippen LogP contribution in [0.3, 0.4) is 0 Å². The first-order valence-electron chi connectivity index (χ1n) is 14.5. The van der Waals surface area contributed by atoms with Crippen LogP contribution in [0, 0.1) is 11.3 Å². The summed E-state index contributed by atoms with van der Waals surface area (Å²) in [5.41, 5.74) is 3.09. The predicted molar refractivity (Wildman–Crippen MR) is 163 cm³/mol. The highest BCUT2D eigenvalue weighted by molar-refractivity contribution is 7.17. The minimum absolute atomic E-state index is 0.0197. The lowest BCUT2D eigenvalue weighted by Gasteiger charge is -2.15. The second-order valence-corrected chi connectivity index (χ2v) is 11.4. The van der Waals surface area contributed by atoms with E-state index in [1.807, 2.05) is 43.3 Å². The number of fused-ring (bicyclic) bond motifs is 1. The van der Waals surface area contributed by atoms with Crippen molar-refractivity contribution in [3.63, 3.8) is 0 Å². The van der Waals surface area contributed by atoms with Crippen molar-refractivity contribution in [3.05, 3.63) is 81.2 Å². The van der Waals surface area contributed by atoms with E-state index in [0.717, 1.165) is 54.5 Å². The van der Waals surface area contributed by atoms with Crippen molar-refractivity contribution >= 4 is 34.2 Å². The molecule has 2 N–H and O–H groups in total. The van der Waals surface area contributed by atoms with Crippen molar-refractivity contribution in [1.82, 2.24) is 5.32 Å². The van der Waals surface area contributed by atoms with Crippen LogP contribution in [0.25, 0.3) is 6.08 Å². The summed E-state index contributed by atoms with van der Waals surface area (Å²) in [7, 11) is 0. The number of rotatable bonds is 11. The molecule has 5 rings (SSSR count). The van der Waals surface area contributed by atoms with Gasteiger partial charge in [0.15, 0.2) is 11.5 Å². The first kappa shape index (κ1) is 29.4. The summed E-state index contributed by atoms with van der Waals surface area (Å²) in [5, 5.41) is 16.3. The third-order valence-electron chi connectivity index (χ3n) is 7.32. The normalized spacial score (nSPS) is 16.3. The molecule has 0 bridgehead atoms. The van der Waals surface area contributed by atoms with E-state index in [2.05, 4.69) is 10.6 Å². The molecule has 3 aromatic rings. The molecule has 1 aliphatic carbocycles. The number of nitrogens with zero attached hydrogens (tertiary/aromatic N) is 1. The average molecular weight is 586 g/mol. The molecule has 2 aliphatic rings. The van der Waals surface area contributed by atoms with Gasteiger partial charge in [-0.05, 0) is 80.3 Å². The van der Waals surface area contributed by atoms with Gasteiger partial charge in [-0.25, -0.2) is 0 Å². The van der Waals surface area contributed by atoms with Crippen LogP contribution in [0.5, 0.6) is 11.5 Å². The van der Waals surface area contributed by atoms with Crippen LogP contribution in [-0.4, -0.2) is 37.7 Å². The molecule has 1 fully saturated rings. The lowest BCUT2D eigenvalue weighted by Crippen LogP contribution is -2.32. The van der Waals surface area contributed by atoms with Gasteiger partial charge >= 0.3 is 0 Å². The number of aryl methyl sites for hydroxylation is 1. The number of thiophene rings is 1. The summed E-state index contributed by atoms with van der Waals surface area (Å²) >= 11 is 1.43. The SMILES string of the molecule is CCOc1cc(C=C(C#N)C(=O)Nc2sc3c(c2C(=O)NCC2CCCO2)CCCC3)ccc1OCc1ccccc1. The highest BCUT2D eigenvalue weighted by atomic mass is 32.1. The number of hydrogen-bond donors (Lipinski definition) is 2. The maximum Gasteiger partial charge on any atom is 0.266 e. The minimum atomic E-state index is -0.563. The Bertz CT molecular complexity index is 1490. The maximum atomic E-state index is 13.3. The van der Waals surface area contributed by atoms with E-state index < -0.39 is 5.91 Å². The summed E-state index contributed by atoms with van der Waals surface area (Å²) < 4.78 is 17.4. The third-order valence-corrected chi connectivity index (χ3v) is 8.53. The van der Waals surface area contributed by atoms with Crippen molar-refractivity contribution in [1.29, 1.82) is 5.26 Å². The molecule has 9 heteroatoms. The Morgan fingerprint density at radius 3 is 2.69 bits per heavy atom. The van der Waals surface area contributed by atoms with Gasteiger partial charge in [-0.3, -0.25) is 9.59 Å². The van der Waals surface area contributed by atoms with E-state index in [1.165, 1.54) is 17.4 Å². The minimum Gasteiger partial charge on any atom is -0.490 e. The fourth-order valence-corrected chi connectivity index (χ4v) is 6.50. The number of hydrogen-bond acceptors (Lipinski definition) is 7. The number of nitrogens with one attached hydrogen (secondary N) is 2. The first-order valence-corrected chi connectivity index (χ1v) is 15.3. The molecule has 1 unspecified atom stereocenters. The van der Waals surface area contributed by atoms with E-state index in [9.17, 15) is 14.9 Å². The summed E-state index contributed by atoms with van der Waals surface area (Å²) in [5.74, 6) is 0.321. The molecular weight excluding hydrogens is 550 g/mol. The van der Waals surface area contributed by atoms with Gasteiger partial charge in [0.2, 0.25) is 0 Å². The van der Waals surface area contributed by atoms with Crippen LogP contribution < -0.4 is 20.1 Å². The zero-order valence-electron chi connectivity index (χ0n) is 23.7. The van der Waals surface area contributed by atoms with Gasteiger partial charge < -0.3 is 24.8 Å². The average Bonchev–Trinajstić information content (AvgIpc) is 3.66. The van der Waals surface area contributed by atoms with Crippen molar-refractivity contribution in [2.45, 2.75) is 58.2 Å². The van der Waals surface area contributed by atoms with Gasteiger partial charge in [-0.2, -0.15) is 5.26 Å². The van der Waals surface area contributed by atoms with Crippen LogP contribution in [-0.2, 0) is 29.0 Å². The molecule has 0 spiro atoms. The molecule has 0 saturated carbocycles. The molecule has 1 aromatic heterocycles. The summed E-state index contributed by atoms with van der Waals surface area (Å²) in [6.45, 7) is 3.85. The van der Waals surface area contributed by atoms with E-state index >= 15 is 0 Å². The van der Waals surface area contributed by atoms with Gasteiger partial charge in [0.1, 0.15) is 23.3 Å². The molecule has 1 saturated heterocycles. The standard InChI is InChI=1S/C33H35N3O5S/c1-2-39-28-18-23(14-15-27(28)41-21-22-9-4-3-5-10-22)17-24(19-34)31(37)36-33-30(26-12-6-7-13-29(26)42-33)32(38)35-20-25-11-8-16-40-25/h3-5,9-10,14-15,17-18,25H,2,6-8,11-13,16,20-21H2,1H3,(H,35,38)(H,36,37). The highest BCUT2D eigenvalue weighted by Gasteiger charge is 2.28. The molecule has 2 heterocycles. The van der Waals surface area contributed by atoms with E-state index in [-0.39, 0.29) is 17.6 Å². The fraction of sp³-hybridized carbons (Fsp3) is 0.364. The van der Waals surface area contributed by atoms with Crippen LogP contribution >= 0.6 is 11.3 Å². The number of anilines is 1. The Morgan fingerprint density at radius 2 is 1.93 bits per heavy atom. The zero-order chi connectivity index (χ0) is 29.3. The monoisotopic (exact) mass is 585 g/mol. The van der Waals surface area contributed by atoms with Crippen LogP contribution in [0.1, 0.15) is 64.5 Å². The number of carbonyl (C=O) groups excluding carboxylic acids is 2. The first-order chi connectivity index (χ1) is 20.6. The molecule has 218 valence electrons. The van der Waals surface area contributed by atoms with Crippen LogP contribution in [0.2, 0.25) is 0 Å². The predicted octanol–water partition coefficient (Wildman–Crippen LogP) is 6.06.